The minimum absolute atomic E-state index is 0.183. The van der Waals surface area contributed by atoms with Crippen LogP contribution in [-0.4, -0.2) is 35.0 Å². The molecule has 0 aliphatic heterocycles. The number of rotatable bonds is 5. The molecule has 1 saturated carbocycles. The van der Waals surface area contributed by atoms with Crippen molar-refractivity contribution in [2.75, 3.05) is 13.1 Å². The average Bonchev–Trinajstić information content (AvgIpc) is 2.37. The molecule has 1 aliphatic rings. The fourth-order valence-corrected chi connectivity index (χ4v) is 2.85. The number of carboxylic acid groups (broad SMARTS) is 1. The smallest absolute Gasteiger partial charge is 0.323 e. The van der Waals surface area contributed by atoms with E-state index in [1.54, 1.807) is 6.92 Å². The normalized spacial score (nSPS) is 16.1. The average molecular weight is 297 g/mol. The van der Waals surface area contributed by atoms with E-state index in [4.69, 9.17) is 5.11 Å². The Morgan fingerprint density at radius 2 is 1.86 bits per heavy atom. The number of carbonyl (C=O) groups is 2. The topological polar surface area (TPSA) is 57.6 Å². The van der Waals surface area contributed by atoms with Crippen molar-refractivity contribution < 1.29 is 23.5 Å². The van der Waals surface area contributed by atoms with Crippen LogP contribution >= 0.6 is 0 Å². The quantitative estimate of drug-likeness (QED) is 0.907. The summed E-state index contributed by atoms with van der Waals surface area (Å²) in [5.41, 5.74) is -1.49. The molecule has 0 heterocycles. The first-order valence-corrected chi connectivity index (χ1v) is 6.88. The summed E-state index contributed by atoms with van der Waals surface area (Å²) < 4.78 is 28.1. The molecule has 1 fully saturated rings. The second-order valence-electron chi connectivity index (χ2n) is 5.25. The van der Waals surface area contributed by atoms with E-state index in [0.717, 1.165) is 17.0 Å². The Kier molecular flexibility index (Phi) is 4.25. The molecule has 114 valence electrons. The first-order chi connectivity index (χ1) is 9.92. The van der Waals surface area contributed by atoms with Gasteiger partial charge in [-0.15, -0.1) is 0 Å². The molecule has 0 aromatic heterocycles. The molecular weight excluding hydrogens is 280 g/mol. The summed E-state index contributed by atoms with van der Waals surface area (Å²) in [6, 6.07) is 3.50. The zero-order chi connectivity index (χ0) is 15.6. The number of likely N-dealkylation sites (N-methyl/N-ethyl adjacent to an activating group) is 1. The van der Waals surface area contributed by atoms with Crippen LogP contribution in [0.4, 0.5) is 8.78 Å². The van der Waals surface area contributed by atoms with Crippen molar-refractivity contribution in [3.05, 3.63) is 35.4 Å². The van der Waals surface area contributed by atoms with Gasteiger partial charge in [-0.2, -0.15) is 0 Å². The lowest BCUT2D eigenvalue weighted by atomic mass is 9.63. The van der Waals surface area contributed by atoms with Gasteiger partial charge in [0.05, 0.1) is 5.41 Å². The van der Waals surface area contributed by atoms with Crippen molar-refractivity contribution in [3.63, 3.8) is 0 Å². The van der Waals surface area contributed by atoms with E-state index in [1.807, 2.05) is 0 Å². The molecule has 0 spiro atoms. The molecule has 6 heteroatoms. The lowest BCUT2D eigenvalue weighted by Crippen LogP contribution is -2.53. The SMILES string of the molecule is CCN(CC(=O)O)C(=O)C1(c2c(F)cccc2F)CCC1. The van der Waals surface area contributed by atoms with Gasteiger partial charge in [-0.3, -0.25) is 9.59 Å². The Morgan fingerprint density at radius 3 is 2.24 bits per heavy atom. The van der Waals surface area contributed by atoms with Crippen molar-refractivity contribution in [2.45, 2.75) is 31.6 Å². The molecule has 1 N–H and O–H groups in total. The maximum atomic E-state index is 14.0. The van der Waals surface area contributed by atoms with Crippen molar-refractivity contribution in [1.29, 1.82) is 0 Å². The highest BCUT2D eigenvalue weighted by atomic mass is 19.1. The molecule has 0 unspecified atom stereocenters. The summed E-state index contributed by atoms with van der Waals surface area (Å²) >= 11 is 0. The second-order valence-corrected chi connectivity index (χ2v) is 5.25. The van der Waals surface area contributed by atoms with E-state index < -0.39 is 35.5 Å². The summed E-state index contributed by atoms with van der Waals surface area (Å²) in [6.07, 6.45) is 1.35. The largest absolute Gasteiger partial charge is 0.480 e. The highest BCUT2D eigenvalue weighted by molar-refractivity contribution is 5.91. The van der Waals surface area contributed by atoms with E-state index in [2.05, 4.69) is 0 Å². The number of nitrogens with zero attached hydrogens (tertiary/aromatic N) is 1. The second kappa shape index (κ2) is 5.79. The van der Waals surface area contributed by atoms with E-state index in [0.29, 0.717) is 19.3 Å². The standard InChI is InChI=1S/C15H17F2NO3/c1-2-18(9-12(19)20)14(21)15(7-4-8-15)13-10(16)5-3-6-11(13)17/h3,5-6H,2,4,7-9H2,1H3,(H,19,20). The van der Waals surface area contributed by atoms with E-state index in [-0.39, 0.29) is 12.1 Å². The van der Waals surface area contributed by atoms with Crippen LogP contribution in [0.2, 0.25) is 0 Å². The van der Waals surface area contributed by atoms with Crippen molar-refractivity contribution >= 4 is 11.9 Å². The predicted octanol–water partition coefficient (Wildman–Crippen LogP) is 2.32. The number of carbonyl (C=O) groups excluding carboxylic acids is 1. The number of hydrogen-bond acceptors (Lipinski definition) is 2. The predicted molar refractivity (Wildman–Crippen MR) is 71.8 cm³/mol. The lowest BCUT2D eigenvalue weighted by Gasteiger charge is -2.43. The van der Waals surface area contributed by atoms with Gasteiger partial charge in [-0.1, -0.05) is 12.5 Å². The van der Waals surface area contributed by atoms with Gasteiger partial charge in [0.1, 0.15) is 18.2 Å². The van der Waals surface area contributed by atoms with Crippen LogP contribution in [0.25, 0.3) is 0 Å². The molecule has 21 heavy (non-hydrogen) atoms. The third kappa shape index (κ3) is 2.62. The Balaban J connectivity index is 2.42. The van der Waals surface area contributed by atoms with Gasteiger partial charge < -0.3 is 10.0 Å². The van der Waals surface area contributed by atoms with Crippen LogP contribution in [0.1, 0.15) is 31.7 Å². The molecular formula is C15H17F2NO3. The summed E-state index contributed by atoms with van der Waals surface area (Å²) in [7, 11) is 0. The minimum Gasteiger partial charge on any atom is -0.480 e. The van der Waals surface area contributed by atoms with Crippen LogP contribution in [0.15, 0.2) is 18.2 Å². The highest BCUT2D eigenvalue weighted by Gasteiger charge is 2.50. The first kappa shape index (κ1) is 15.4. The number of halogens is 2. The van der Waals surface area contributed by atoms with E-state index >= 15 is 0 Å². The Bertz CT molecular complexity index is 550. The highest BCUT2D eigenvalue weighted by Crippen LogP contribution is 2.47. The zero-order valence-electron chi connectivity index (χ0n) is 11.7. The fourth-order valence-electron chi connectivity index (χ4n) is 2.85. The number of carboxylic acids is 1. The van der Waals surface area contributed by atoms with Gasteiger partial charge in [0.25, 0.3) is 0 Å². The number of aliphatic carboxylic acids is 1. The van der Waals surface area contributed by atoms with Crippen LogP contribution in [0, 0.1) is 11.6 Å². The molecule has 0 atom stereocenters. The number of hydrogen-bond donors (Lipinski definition) is 1. The molecule has 1 aromatic carbocycles. The van der Waals surface area contributed by atoms with E-state index in [1.165, 1.54) is 6.07 Å². The monoisotopic (exact) mass is 297 g/mol. The lowest BCUT2D eigenvalue weighted by molar-refractivity contribution is -0.149. The summed E-state index contributed by atoms with van der Waals surface area (Å²) in [4.78, 5) is 24.6. The van der Waals surface area contributed by atoms with Gasteiger partial charge in [-0.25, -0.2) is 8.78 Å². The maximum absolute atomic E-state index is 14.0. The maximum Gasteiger partial charge on any atom is 0.323 e. The van der Waals surface area contributed by atoms with Gasteiger partial charge in [-0.05, 0) is 31.9 Å². The van der Waals surface area contributed by atoms with Crippen LogP contribution < -0.4 is 0 Å². The van der Waals surface area contributed by atoms with E-state index in [9.17, 15) is 18.4 Å². The molecule has 1 amide bonds. The van der Waals surface area contributed by atoms with Gasteiger partial charge in [0.2, 0.25) is 5.91 Å². The molecule has 1 aromatic rings. The molecule has 1 aliphatic carbocycles. The third-order valence-electron chi connectivity index (χ3n) is 4.05. The van der Waals surface area contributed by atoms with Crippen molar-refractivity contribution in [3.8, 4) is 0 Å². The molecule has 0 radical (unpaired) electrons. The summed E-state index contributed by atoms with van der Waals surface area (Å²) in [5, 5.41) is 8.86. The Morgan fingerprint density at radius 1 is 1.29 bits per heavy atom. The number of benzene rings is 1. The minimum atomic E-state index is -1.26. The zero-order valence-corrected chi connectivity index (χ0v) is 11.7. The van der Waals surface area contributed by atoms with Crippen LogP contribution in [-0.2, 0) is 15.0 Å². The summed E-state index contributed by atoms with van der Waals surface area (Å²) in [6.45, 7) is 1.36. The van der Waals surface area contributed by atoms with Gasteiger partial charge >= 0.3 is 5.97 Å². The van der Waals surface area contributed by atoms with Crippen molar-refractivity contribution in [1.82, 2.24) is 4.90 Å². The fraction of sp³-hybridized carbons (Fsp3) is 0.467. The molecule has 0 saturated heterocycles. The van der Waals surface area contributed by atoms with Crippen molar-refractivity contribution in [2.24, 2.45) is 0 Å². The Labute approximate surface area is 121 Å². The summed E-state index contributed by atoms with van der Waals surface area (Å²) in [5.74, 6) is -3.17. The van der Waals surface area contributed by atoms with Crippen LogP contribution in [0.5, 0.6) is 0 Å². The Hall–Kier alpha value is -1.98. The third-order valence-corrected chi connectivity index (χ3v) is 4.05. The number of amides is 1. The molecule has 2 rings (SSSR count). The van der Waals surface area contributed by atoms with Gasteiger partial charge in [0.15, 0.2) is 0 Å². The molecule has 0 bridgehead atoms. The first-order valence-electron chi connectivity index (χ1n) is 6.88. The van der Waals surface area contributed by atoms with Crippen LogP contribution in [0.3, 0.4) is 0 Å². The van der Waals surface area contributed by atoms with Gasteiger partial charge in [0, 0.05) is 12.1 Å². The molecule has 4 nitrogen and oxygen atoms in total.